The molecule has 0 heterocycles. The molecule has 0 fully saturated rings. The molecule has 0 aliphatic rings. The van der Waals surface area contributed by atoms with Gasteiger partial charge in [0.25, 0.3) is 0 Å². The smallest absolute Gasteiger partial charge is 0.193 e. The maximum absolute atomic E-state index is 9.69. The lowest BCUT2D eigenvalue weighted by atomic mass is 9.72. The van der Waals surface area contributed by atoms with Gasteiger partial charge in [-0.2, -0.15) is 0 Å². The Labute approximate surface area is 136 Å². The molecule has 2 nitrogen and oxygen atoms in total. The first kappa shape index (κ1) is 16.9. The predicted octanol–water partition coefficient (Wildman–Crippen LogP) is 2.87. The molecule has 0 saturated carbocycles. The molecule has 2 aromatic rings. The average Bonchev–Trinajstić information content (AvgIpc) is 2.52. The van der Waals surface area contributed by atoms with E-state index in [1.54, 1.807) is 0 Å². The second-order valence-corrected chi connectivity index (χ2v) is 8.27. The Kier molecular flexibility index (Phi) is 5.22. The lowest BCUT2D eigenvalue weighted by molar-refractivity contribution is -0.0194. The first-order valence-corrected chi connectivity index (χ1v) is 9.04. The SMILES string of the molecule is CC(C)(C)C(C)(O[SiH2]c1ccccc1)c1ccccc1CO. The Morgan fingerprint density at radius 3 is 2.09 bits per heavy atom. The maximum Gasteiger partial charge on any atom is 0.193 e. The normalized spacial score (nSPS) is 15.1. The molecule has 2 aromatic carbocycles. The summed E-state index contributed by atoms with van der Waals surface area (Å²) in [6, 6.07) is 18.5. The predicted molar refractivity (Wildman–Crippen MR) is 94.9 cm³/mol. The number of aliphatic hydroxyl groups excluding tert-OH is 1. The van der Waals surface area contributed by atoms with Crippen molar-refractivity contribution < 1.29 is 9.53 Å². The van der Waals surface area contributed by atoms with Crippen LogP contribution >= 0.6 is 0 Å². The van der Waals surface area contributed by atoms with Crippen molar-refractivity contribution in [1.82, 2.24) is 0 Å². The van der Waals surface area contributed by atoms with E-state index < -0.39 is 15.4 Å². The van der Waals surface area contributed by atoms with Gasteiger partial charge in [-0.15, -0.1) is 0 Å². The van der Waals surface area contributed by atoms with Crippen LogP contribution in [0.2, 0.25) is 0 Å². The summed E-state index contributed by atoms with van der Waals surface area (Å²) in [5.74, 6) is 0. The molecule has 22 heavy (non-hydrogen) atoms. The van der Waals surface area contributed by atoms with Gasteiger partial charge in [0.2, 0.25) is 0 Å². The second-order valence-electron chi connectivity index (χ2n) is 6.87. The van der Waals surface area contributed by atoms with Crippen molar-refractivity contribution >= 4 is 14.9 Å². The Morgan fingerprint density at radius 2 is 1.50 bits per heavy atom. The molecule has 0 bridgehead atoms. The number of hydrogen-bond donors (Lipinski definition) is 1. The van der Waals surface area contributed by atoms with Gasteiger partial charge in [-0.1, -0.05) is 75.4 Å². The third kappa shape index (κ3) is 3.49. The minimum Gasteiger partial charge on any atom is -0.409 e. The minimum absolute atomic E-state index is 0.0398. The summed E-state index contributed by atoms with van der Waals surface area (Å²) >= 11 is 0. The average molecular weight is 315 g/mol. The van der Waals surface area contributed by atoms with Crippen molar-refractivity contribution in [1.29, 1.82) is 0 Å². The van der Waals surface area contributed by atoms with Crippen LogP contribution < -0.4 is 5.19 Å². The lowest BCUT2D eigenvalue weighted by Gasteiger charge is -2.44. The fourth-order valence-electron chi connectivity index (χ4n) is 2.62. The van der Waals surface area contributed by atoms with Crippen molar-refractivity contribution in [2.75, 3.05) is 0 Å². The van der Waals surface area contributed by atoms with Crippen molar-refractivity contribution in [3.8, 4) is 0 Å². The molecule has 118 valence electrons. The van der Waals surface area contributed by atoms with E-state index in [2.05, 4.69) is 58.0 Å². The molecule has 1 atom stereocenters. The number of benzene rings is 2. The first-order valence-electron chi connectivity index (χ1n) is 7.75. The Hall–Kier alpha value is -1.42. The fraction of sp³-hybridized carbons (Fsp3) is 0.368. The highest BCUT2D eigenvalue weighted by molar-refractivity contribution is 6.47. The fourth-order valence-corrected chi connectivity index (χ4v) is 4.13. The summed E-state index contributed by atoms with van der Waals surface area (Å²) in [6.45, 7) is 8.77. The van der Waals surface area contributed by atoms with Gasteiger partial charge in [-0.25, -0.2) is 0 Å². The van der Waals surface area contributed by atoms with Crippen LogP contribution in [0.15, 0.2) is 54.6 Å². The highest BCUT2D eigenvalue weighted by Gasteiger charge is 2.41. The summed E-state index contributed by atoms with van der Waals surface area (Å²) in [7, 11) is -0.844. The van der Waals surface area contributed by atoms with Crippen molar-refractivity contribution in [3.05, 3.63) is 65.7 Å². The molecule has 0 aromatic heterocycles. The molecule has 1 N–H and O–H groups in total. The standard InChI is InChI=1S/C19H26O2Si/c1-18(2,3)19(4,17-13-9-8-10-15(17)14-20)21-22-16-11-6-5-7-12-16/h5-13,20H,14,22H2,1-4H3. The molecule has 0 saturated heterocycles. The molecular weight excluding hydrogens is 288 g/mol. The third-order valence-corrected chi connectivity index (χ3v) is 6.03. The number of hydrogen-bond acceptors (Lipinski definition) is 2. The van der Waals surface area contributed by atoms with Crippen LogP contribution in [0.3, 0.4) is 0 Å². The van der Waals surface area contributed by atoms with Gasteiger partial charge < -0.3 is 9.53 Å². The zero-order valence-electron chi connectivity index (χ0n) is 14.0. The maximum atomic E-state index is 9.69. The van der Waals surface area contributed by atoms with Gasteiger partial charge in [0, 0.05) is 0 Å². The van der Waals surface area contributed by atoms with Crippen molar-refractivity contribution in [2.45, 2.75) is 39.9 Å². The largest absolute Gasteiger partial charge is 0.409 e. The quantitative estimate of drug-likeness (QED) is 0.860. The van der Waals surface area contributed by atoms with Crippen molar-refractivity contribution in [3.63, 3.8) is 0 Å². The Morgan fingerprint density at radius 1 is 0.909 bits per heavy atom. The minimum atomic E-state index is -0.844. The van der Waals surface area contributed by atoms with Gasteiger partial charge in [-0.3, -0.25) is 0 Å². The first-order chi connectivity index (χ1) is 10.4. The highest BCUT2D eigenvalue weighted by atomic mass is 28.2. The molecule has 0 radical (unpaired) electrons. The van der Waals surface area contributed by atoms with Gasteiger partial charge in [0.1, 0.15) is 0 Å². The van der Waals surface area contributed by atoms with Crippen LogP contribution in [0, 0.1) is 5.41 Å². The zero-order valence-corrected chi connectivity index (χ0v) is 15.4. The van der Waals surface area contributed by atoms with Gasteiger partial charge >= 0.3 is 0 Å². The van der Waals surface area contributed by atoms with Gasteiger partial charge in [0.15, 0.2) is 9.76 Å². The summed E-state index contributed by atoms with van der Waals surface area (Å²) in [6.07, 6.45) is 0. The summed E-state index contributed by atoms with van der Waals surface area (Å²) in [4.78, 5) is 0. The summed E-state index contributed by atoms with van der Waals surface area (Å²) in [5, 5.41) is 11.0. The lowest BCUT2D eigenvalue weighted by Crippen LogP contribution is -2.43. The highest BCUT2D eigenvalue weighted by Crippen LogP contribution is 2.43. The summed E-state index contributed by atoms with van der Waals surface area (Å²) in [5.41, 5.74) is 1.55. The van der Waals surface area contributed by atoms with Crippen LogP contribution in [0.1, 0.15) is 38.8 Å². The van der Waals surface area contributed by atoms with Crippen LogP contribution in [0.25, 0.3) is 0 Å². The zero-order chi connectivity index (χ0) is 16.2. The van der Waals surface area contributed by atoms with E-state index in [0.717, 1.165) is 11.1 Å². The van der Waals surface area contributed by atoms with Gasteiger partial charge in [-0.05, 0) is 28.7 Å². The van der Waals surface area contributed by atoms with E-state index >= 15 is 0 Å². The molecule has 3 heteroatoms. The monoisotopic (exact) mass is 314 g/mol. The second kappa shape index (κ2) is 6.78. The Bertz CT molecular complexity index is 604. The molecule has 1 unspecified atom stereocenters. The van der Waals surface area contributed by atoms with Crippen molar-refractivity contribution in [2.24, 2.45) is 5.41 Å². The van der Waals surface area contributed by atoms with E-state index in [-0.39, 0.29) is 12.0 Å². The molecule has 0 spiro atoms. The van der Waals surface area contributed by atoms with Crippen LogP contribution in [0.4, 0.5) is 0 Å². The number of aliphatic hydroxyl groups is 1. The van der Waals surface area contributed by atoms with E-state index in [4.69, 9.17) is 4.43 Å². The molecule has 0 aliphatic heterocycles. The molecule has 2 rings (SSSR count). The topological polar surface area (TPSA) is 29.5 Å². The van der Waals surface area contributed by atoms with E-state index in [1.807, 2.05) is 24.3 Å². The van der Waals surface area contributed by atoms with Gasteiger partial charge in [0.05, 0.1) is 12.2 Å². The van der Waals surface area contributed by atoms with Crippen LogP contribution in [-0.2, 0) is 16.6 Å². The molecule has 0 amide bonds. The number of rotatable bonds is 5. The van der Waals surface area contributed by atoms with Crippen LogP contribution in [-0.4, -0.2) is 14.9 Å². The molecule has 0 aliphatic carbocycles. The van der Waals surface area contributed by atoms with E-state index in [1.165, 1.54) is 5.19 Å². The Balaban J connectivity index is 2.36. The van der Waals surface area contributed by atoms with E-state index in [9.17, 15) is 5.11 Å². The summed E-state index contributed by atoms with van der Waals surface area (Å²) < 4.78 is 6.54. The molecular formula is C19H26O2Si. The third-order valence-electron chi connectivity index (χ3n) is 4.50. The van der Waals surface area contributed by atoms with Crippen LogP contribution in [0.5, 0.6) is 0 Å². The van der Waals surface area contributed by atoms with E-state index in [0.29, 0.717) is 0 Å².